The van der Waals surface area contributed by atoms with E-state index in [-0.39, 0.29) is 22.9 Å². The van der Waals surface area contributed by atoms with Crippen LogP contribution in [0.15, 0.2) is 18.2 Å². The molecule has 0 unspecified atom stereocenters. The molecular weight excluding hydrogens is 273 g/mol. The highest BCUT2D eigenvalue weighted by atomic mass is 35.5. The second-order valence-corrected chi connectivity index (χ2v) is 4.91. The minimum absolute atomic E-state index is 0.0644. The minimum Gasteiger partial charge on any atom is -0.480 e. The average Bonchev–Trinajstić information content (AvgIpc) is 2.30. The number of rotatable bonds is 5. The third-order valence-corrected chi connectivity index (χ3v) is 3.00. The molecule has 104 valence electrons. The first-order valence-electron chi connectivity index (χ1n) is 5.78. The Labute approximate surface area is 115 Å². The molecule has 0 fully saturated rings. The molecule has 1 atom stereocenters. The Morgan fingerprint density at radius 3 is 2.53 bits per heavy atom. The predicted octanol–water partition coefficient (Wildman–Crippen LogP) is 2.25. The molecule has 2 N–H and O–H groups in total. The van der Waals surface area contributed by atoms with E-state index in [1.807, 2.05) is 0 Å². The van der Waals surface area contributed by atoms with E-state index in [2.05, 4.69) is 5.32 Å². The zero-order valence-electron chi connectivity index (χ0n) is 10.6. The van der Waals surface area contributed by atoms with E-state index in [4.69, 9.17) is 16.7 Å². The third-order valence-electron chi connectivity index (χ3n) is 2.65. The molecule has 1 rings (SSSR count). The van der Waals surface area contributed by atoms with Crippen LogP contribution >= 0.6 is 11.6 Å². The lowest BCUT2D eigenvalue weighted by molar-refractivity contribution is -0.143. The van der Waals surface area contributed by atoms with E-state index in [0.29, 0.717) is 0 Å². The lowest BCUT2D eigenvalue weighted by Crippen LogP contribution is -2.45. The molecule has 0 saturated carbocycles. The van der Waals surface area contributed by atoms with Crippen molar-refractivity contribution in [3.8, 4) is 0 Å². The number of aliphatic carboxylic acids is 1. The third kappa shape index (κ3) is 4.21. The Kier molecular flexibility index (Phi) is 5.30. The number of carbonyl (C=O) groups is 2. The van der Waals surface area contributed by atoms with E-state index in [9.17, 15) is 14.0 Å². The van der Waals surface area contributed by atoms with Crippen molar-refractivity contribution in [2.45, 2.75) is 26.3 Å². The van der Waals surface area contributed by atoms with Crippen LogP contribution in [-0.2, 0) is 16.0 Å². The van der Waals surface area contributed by atoms with Gasteiger partial charge in [-0.15, -0.1) is 0 Å². The number of hydrogen-bond donors (Lipinski definition) is 2. The van der Waals surface area contributed by atoms with Crippen molar-refractivity contribution in [3.05, 3.63) is 34.6 Å². The summed E-state index contributed by atoms with van der Waals surface area (Å²) in [5.41, 5.74) is 0.0644. The van der Waals surface area contributed by atoms with Gasteiger partial charge in [0.1, 0.15) is 11.9 Å². The summed E-state index contributed by atoms with van der Waals surface area (Å²) in [6, 6.07) is 3.11. The maximum Gasteiger partial charge on any atom is 0.326 e. The minimum atomic E-state index is -1.12. The predicted molar refractivity (Wildman–Crippen MR) is 69.5 cm³/mol. The number of carboxylic acid groups (broad SMARTS) is 1. The van der Waals surface area contributed by atoms with Gasteiger partial charge in [-0.1, -0.05) is 31.5 Å². The summed E-state index contributed by atoms with van der Waals surface area (Å²) in [6.45, 7) is 3.35. The van der Waals surface area contributed by atoms with Gasteiger partial charge in [0.25, 0.3) is 0 Å². The van der Waals surface area contributed by atoms with Gasteiger partial charge >= 0.3 is 5.97 Å². The number of benzene rings is 1. The monoisotopic (exact) mass is 287 g/mol. The molecule has 1 aromatic rings. The van der Waals surface area contributed by atoms with Crippen LogP contribution in [0.3, 0.4) is 0 Å². The normalized spacial score (nSPS) is 12.3. The van der Waals surface area contributed by atoms with Gasteiger partial charge in [-0.2, -0.15) is 0 Å². The topological polar surface area (TPSA) is 66.4 Å². The van der Waals surface area contributed by atoms with Gasteiger partial charge in [-0.05, 0) is 18.1 Å². The van der Waals surface area contributed by atoms with Crippen LogP contribution < -0.4 is 5.32 Å². The zero-order valence-corrected chi connectivity index (χ0v) is 11.4. The molecule has 19 heavy (non-hydrogen) atoms. The maximum absolute atomic E-state index is 13.5. The van der Waals surface area contributed by atoms with Crippen LogP contribution in [0.5, 0.6) is 0 Å². The molecule has 1 amide bonds. The molecule has 0 bridgehead atoms. The van der Waals surface area contributed by atoms with Crippen LogP contribution in [0.1, 0.15) is 19.4 Å². The smallest absolute Gasteiger partial charge is 0.326 e. The number of nitrogens with one attached hydrogen (secondary N) is 1. The highest BCUT2D eigenvalue weighted by molar-refractivity contribution is 6.31. The molecule has 4 nitrogen and oxygen atoms in total. The Balaban J connectivity index is 2.78. The lowest BCUT2D eigenvalue weighted by atomic mass is 10.0. The van der Waals surface area contributed by atoms with Crippen LogP contribution in [0.2, 0.25) is 5.02 Å². The molecule has 0 saturated heterocycles. The Morgan fingerprint density at radius 1 is 1.42 bits per heavy atom. The summed E-state index contributed by atoms with van der Waals surface area (Å²) >= 11 is 5.80. The van der Waals surface area contributed by atoms with E-state index in [0.717, 1.165) is 0 Å². The van der Waals surface area contributed by atoms with Crippen molar-refractivity contribution in [2.24, 2.45) is 5.92 Å². The van der Waals surface area contributed by atoms with Crippen LogP contribution in [0.25, 0.3) is 0 Å². The standard InChI is InChI=1S/C13H15ClFNO3/c1-7(2)12(13(18)19)16-11(17)6-8-9(14)4-3-5-10(8)15/h3-5,7,12H,6H2,1-2H3,(H,16,17)(H,18,19)/t12-/m0/s1. The number of amides is 1. The van der Waals surface area contributed by atoms with Crippen molar-refractivity contribution in [1.29, 1.82) is 0 Å². The second-order valence-electron chi connectivity index (χ2n) is 4.50. The summed E-state index contributed by atoms with van der Waals surface area (Å²) < 4.78 is 13.5. The molecule has 0 heterocycles. The fourth-order valence-corrected chi connectivity index (χ4v) is 1.83. The SMILES string of the molecule is CC(C)[C@H](NC(=O)Cc1c(F)cccc1Cl)C(=O)O. The van der Waals surface area contributed by atoms with Crippen LogP contribution in [0, 0.1) is 11.7 Å². The summed E-state index contributed by atoms with van der Waals surface area (Å²) in [7, 11) is 0. The number of halogens is 2. The van der Waals surface area contributed by atoms with Crippen LogP contribution in [0.4, 0.5) is 4.39 Å². The van der Waals surface area contributed by atoms with E-state index < -0.39 is 23.7 Å². The molecule has 0 radical (unpaired) electrons. The average molecular weight is 288 g/mol. The molecule has 0 spiro atoms. The van der Waals surface area contributed by atoms with Crippen molar-refractivity contribution in [3.63, 3.8) is 0 Å². The van der Waals surface area contributed by atoms with E-state index in [1.54, 1.807) is 13.8 Å². The Hall–Kier alpha value is -1.62. The Bertz CT molecular complexity index is 471. The Morgan fingerprint density at radius 2 is 2.05 bits per heavy atom. The van der Waals surface area contributed by atoms with Gasteiger partial charge in [-0.3, -0.25) is 4.79 Å². The van der Waals surface area contributed by atoms with Gasteiger partial charge in [0.05, 0.1) is 6.42 Å². The van der Waals surface area contributed by atoms with Gasteiger partial charge in [0, 0.05) is 10.6 Å². The quantitative estimate of drug-likeness (QED) is 0.873. The summed E-state index contributed by atoms with van der Waals surface area (Å²) in [4.78, 5) is 22.7. The first-order chi connectivity index (χ1) is 8.82. The first-order valence-corrected chi connectivity index (χ1v) is 6.15. The maximum atomic E-state index is 13.5. The van der Waals surface area contributed by atoms with Crippen molar-refractivity contribution >= 4 is 23.5 Å². The molecule has 6 heteroatoms. The summed E-state index contributed by atoms with van der Waals surface area (Å²) in [5.74, 6) is -2.55. The van der Waals surface area contributed by atoms with Gasteiger partial charge < -0.3 is 10.4 Å². The fraction of sp³-hybridized carbons (Fsp3) is 0.385. The molecule has 0 aromatic heterocycles. The van der Waals surface area contributed by atoms with Gasteiger partial charge in [0.15, 0.2) is 0 Å². The molecular formula is C13H15ClFNO3. The van der Waals surface area contributed by atoms with Gasteiger partial charge in [-0.25, -0.2) is 9.18 Å². The first kappa shape index (κ1) is 15.4. The number of carboxylic acids is 1. The number of carbonyl (C=O) groups excluding carboxylic acids is 1. The summed E-state index contributed by atoms with van der Waals surface area (Å²) in [5, 5.41) is 11.5. The highest BCUT2D eigenvalue weighted by Gasteiger charge is 2.24. The van der Waals surface area contributed by atoms with E-state index in [1.165, 1.54) is 18.2 Å². The molecule has 1 aromatic carbocycles. The highest BCUT2D eigenvalue weighted by Crippen LogP contribution is 2.19. The summed E-state index contributed by atoms with van der Waals surface area (Å²) in [6.07, 6.45) is -0.290. The molecule has 0 aliphatic carbocycles. The van der Waals surface area contributed by atoms with E-state index >= 15 is 0 Å². The van der Waals surface area contributed by atoms with Crippen molar-refractivity contribution in [1.82, 2.24) is 5.32 Å². The zero-order chi connectivity index (χ0) is 14.6. The van der Waals surface area contributed by atoms with Crippen molar-refractivity contribution in [2.75, 3.05) is 0 Å². The van der Waals surface area contributed by atoms with Crippen LogP contribution in [-0.4, -0.2) is 23.0 Å². The largest absolute Gasteiger partial charge is 0.480 e. The fourth-order valence-electron chi connectivity index (χ4n) is 1.60. The second kappa shape index (κ2) is 6.52. The molecule has 0 aliphatic heterocycles. The lowest BCUT2D eigenvalue weighted by Gasteiger charge is -2.18. The number of hydrogen-bond acceptors (Lipinski definition) is 2. The molecule has 0 aliphatic rings. The van der Waals surface area contributed by atoms with Crippen molar-refractivity contribution < 1.29 is 19.1 Å². The van der Waals surface area contributed by atoms with Gasteiger partial charge in [0.2, 0.25) is 5.91 Å².